The van der Waals surface area contributed by atoms with E-state index in [1.807, 2.05) is 19.2 Å². The van der Waals surface area contributed by atoms with Gasteiger partial charge >= 0.3 is 0 Å². The maximum absolute atomic E-state index is 10.9. The summed E-state index contributed by atoms with van der Waals surface area (Å²) in [6.07, 6.45) is 10.2. The lowest BCUT2D eigenvalue weighted by Crippen LogP contribution is -2.38. The van der Waals surface area contributed by atoms with Crippen molar-refractivity contribution in [1.82, 2.24) is 4.98 Å². The summed E-state index contributed by atoms with van der Waals surface area (Å²) < 4.78 is 0. The van der Waals surface area contributed by atoms with Gasteiger partial charge in [0.25, 0.3) is 0 Å². The van der Waals surface area contributed by atoms with Gasteiger partial charge in [-0.3, -0.25) is 4.98 Å². The maximum atomic E-state index is 10.9. The van der Waals surface area contributed by atoms with Crippen LogP contribution >= 0.6 is 0 Å². The second-order valence-corrected chi connectivity index (χ2v) is 6.35. The van der Waals surface area contributed by atoms with Gasteiger partial charge in [0.2, 0.25) is 0 Å². The van der Waals surface area contributed by atoms with Crippen molar-refractivity contribution in [1.29, 1.82) is 0 Å². The number of aromatic nitrogens is 1. The van der Waals surface area contributed by atoms with Gasteiger partial charge in [-0.05, 0) is 50.2 Å². The Morgan fingerprint density at radius 2 is 2.17 bits per heavy atom. The average Bonchev–Trinajstić information content (AvgIpc) is 2.33. The zero-order chi connectivity index (χ0) is 12.6. The number of pyridine rings is 1. The molecule has 0 aliphatic heterocycles. The van der Waals surface area contributed by atoms with Crippen LogP contribution in [0.25, 0.3) is 0 Å². The monoisotopic (exact) mass is 245 g/mol. The minimum Gasteiger partial charge on any atom is -0.389 e. The largest absolute Gasteiger partial charge is 0.389 e. The second-order valence-electron chi connectivity index (χ2n) is 6.35. The first kappa shape index (κ1) is 12.2. The normalized spacial score (nSPS) is 27.1. The van der Waals surface area contributed by atoms with E-state index in [2.05, 4.69) is 11.1 Å². The third kappa shape index (κ3) is 2.18. The molecule has 2 atom stereocenters. The Labute approximate surface area is 109 Å². The van der Waals surface area contributed by atoms with Crippen molar-refractivity contribution < 1.29 is 5.11 Å². The van der Waals surface area contributed by atoms with Crippen LogP contribution in [-0.2, 0) is 6.42 Å². The van der Waals surface area contributed by atoms with E-state index >= 15 is 0 Å². The van der Waals surface area contributed by atoms with E-state index in [0.29, 0.717) is 0 Å². The summed E-state index contributed by atoms with van der Waals surface area (Å²) in [6, 6.07) is 4.19. The third-order valence-electron chi connectivity index (χ3n) is 4.87. The Balaban J connectivity index is 1.83. The van der Waals surface area contributed by atoms with Crippen LogP contribution in [0.2, 0.25) is 0 Å². The predicted octanol–water partition coefficient (Wildman–Crippen LogP) is 3.44. The molecule has 1 aromatic rings. The molecule has 0 aromatic carbocycles. The van der Waals surface area contributed by atoms with Gasteiger partial charge in [-0.15, -0.1) is 0 Å². The first-order valence-electron chi connectivity index (χ1n) is 7.33. The van der Waals surface area contributed by atoms with Crippen molar-refractivity contribution in [2.75, 3.05) is 0 Å². The molecule has 98 valence electrons. The van der Waals surface area contributed by atoms with Gasteiger partial charge in [-0.1, -0.05) is 25.3 Å². The van der Waals surface area contributed by atoms with E-state index in [9.17, 15) is 5.11 Å². The molecule has 2 heteroatoms. The summed E-state index contributed by atoms with van der Waals surface area (Å²) in [4.78, 5) is 4.56. The highest BCUT2D eigenvalue weighted by molar-refractivity contribution is 5.28. The highest BCUT2D eigenvalue weighted by Crippen LogP contribution is 2.43. The molecule has 0 radical (unpaired) electrons. The van der Waals surface area contributed by atoms with Crippen LogP contribution in [0.3, 0.4) is 0 Å². The summed E-state index contributed by atoms with van der Waals surface area (Å²) in [6.45, 7) is 2.03. The van der Waals surface area contributed by atoms with Crippen LogP contribution in [0.1, 0.15) is 62.6 Å². The molecule has 0 bridgehead atoms. The van der Waals surface area contributed by atoms with E-state index in [1.165, 1.54) is 31.2 Å². The van der Waals surface area contributed by atoms with E-state index < -0.39 is 5.60 Å². The Bertz CT molecular complexity index is 423. The van der Waals surface area contributed by atoms with E-state index in [4.69, 9.17) is 0 Å². The number of fused-ring (bicyclic) bond motifs is 1. The SMILES string of the molecule is CC(O)(CC1CCC1)C1CCCc2cccnc21. The van der Waals surface area contributed by atoms with Crippen molar-refractivity contribution >= 4 is 0 Å². The van der Waals surface area contributed by atoms with Gasteiger partial charge in [-0.2, -0.15) is 0 Å². The predicted molar refractivity (Wildman–Crippen MR) is 72.5 cm³/mol. The number of rotatable bonds is 3. The molecule has 1 fully saturated rings. The number of nitrogens with zero attached hydrogens (tertiary/aromatic N) is 1. The van der Waals surface area contributed by atoms with E-state index in [0.717, 1.165) is 30.9 Å². The Morgan fingerprint density at radius 3 is 2.89 bits per heavy atom. The molecule has 0 spiro atoms. The first-order valence-corrected chi connectivity index (χ1v) is 7.33. The molecule has 0 saturated heterocycles. The Hall–Kier alpha value is -0.890. The molecule has 2 aliphatic carbocycles. The lowest BCUT2D eigenvalue weighted by Gasteiger charge is -2.40. The fourth-order valence-corrected chi connectivity index (χ4v) is 3.64. The zero-order valence-corrected chi connectivity index (χ0v) is 11.2. The molecular weight excluding hydrogens is 222 g/mol. The molecule has 0 amide bonds. The smallest absolute Gasteiger partial charge is 0.0705 e. The number of aliphatic hydroxyl groups is 1. The Morgan fingerprint density at radius 1 is 1.33 bits per heavy atom. The van der Waals surface area contributed by atoms with E-state index in [-0.39, 0.29) is 5.92 Å². The molecule has 2 nitrogen and oxygen atoms in total. The van der Waals surface area contributed by atoms with Crippen LogP contribution in [-0.4, -0.2) is 15.7 Å². The van der Waals surface area contributed by atoms with Crippen LogP contribution < -0.4 is 0 Å². The molecule has 1 saturated carbocycles. The lowest BCUT2D eigenvalue weighted by atomic mass is 9.69. The second kappa shape index (κ2) is 4.65. The minimum absolute atomic E-state index is 0.239. The van der Waals surface area contributed by atoms with Crippen molar-refractivity contribution in [3.63, 3.8) is 0 Å². The van der Waals surface area contributed by atoms with Gasteiger partial charge in [0.15, 0.2) is 0 Å². The van der Waals surface area contributed by atoms with Gasteiger partial charge < -0.3 is 5.11 Å². The van der Waals surface area contributed by atoms with Crippen LogP contribution in [0.4, 0.5) is 0 Å². The molecule has 2 aliphatic rings. The highest BCUT2D eigenvalue weighted by Gasteiger charge is 2.39. The molecule has 1 heterocycles. The van der Waals surface area contributed by atoms with Crippen molar-refractivity contribution in [2.24, 2.45) is 5.92 Å². The highest BCUT2D eigenvalue weighted by atomic mass is 16.3. The van der Waals surface area contributed by atoms with Crippen LogP contribution in [0, 0.1) is 5.92 Å². The first-order chi connectivity index (χ1) is 8.67. The summed E-state index contributed by atoms with van der Waals surface area (Å²) in [5.41, 5.74) is 1.94. The Kier molecular flexibility index (Phi) is 3.14. The zero-order valence-electron chi connectivity index (χ0n) is 11.2. The van der Waals surface area contributed by atoms with Crippen molar-refractivity contribution in [2.45, 2.75) is 63.4 Å². The van der Waals surface area contributed by atoms with E-state index in [1.54, 1.807) is 0 Å². The van der Waals surface area contributed by atoms with Crippen LogP contribution in [0.15, 0.2) is 18.3 Å². The maximum Gasteiger partial charge on any atom is 0.0705 e. The molecular formula is C16H23NO. The van der Waals surface area contributed by atoms with Gasteiger partial charge in [0.1, 0.15) is 0 Å². The molecule has 2 unspecified atom stereocenters. The number of hydrogen-bond acceptors (Lipinski definition) is 2. The summed E-state index contributed by atoms with van der Waals surface area (Å²) in [5.74, 6) is 0.983. The van der Waals surface area contributed by atoms with Gasteiger partial charge in [0, 0.05) is 17.8 Å². The fraction of sp³-hybridized carbons (Fsp3) is 0.688. The molecule has 3 rings (SSSR count). The quantitative estimate of drug-likeness (QED) is 0.885. The summed E-state index contributed by atoms with van der Waals surface area (Å²) in [7, 11) is 0. The standard InChI is InChI=1S/C16H23NO/c1-16(18,11-12-5-2-6-12)14-9-3-7-13-8-4-10-17-15(13)14/h4,8,10,12,14,18H,2-3,5-7,9,11H2,1H3. The average molecular weight is 245 g/mol. The number of aryl methyl sites for hydroxylation is 1. The van der Waals surface area contributed by atoms with Crippen molar-refractivity contribution in [3.05, 3.63) is 29.6 Å². The summed E-state index contributed by atoms with van der Waals surface area (Å²) >= 11 is 0. The van der Waals surface area contributed by atoms with Crippen LogP contribution in [0.5, 0.6) is 0 Å². The van der Waals surface area contributed by atoms with Gasteiger partial charge in [-0.25, -0.2) is 0 Å². The van der Waals surface area contributed by atoms with Crippen molar-refractivity contribution in [3.8, 4) is 0 Å². The lowest BCUT2D eigenvalue weighted by molar-refractivity contribution is -0.0109. The number of hydrogen-bond donors (Lipinski definition) is 1. The molecule has 1 aromatic heterocycles. The van der Waals surface area contributed by atoms with Gasteiger partial charge in [0.05, 0.1) is 5.60 Å². The third-order valence-corrected chi connectivity index (χ3v) is 4.87. The fourth-order valence-electron chi connectivity index (χ4n) is 3.64. The molecule has 18 heavy (non-hydrogen) atoms. The summed E-state index contributed by atoms with van der Waals surface area (Å²) in [5, 5.41) is 10.9. The molecule has 1 N–H and O–H groups in total. The topological polar surface area (TPSA) is 33.1 Å². The minimum atomic E-state index is -0.575.